The number of anilines is 2. The van der Waals surface area contributed by atoms with E-state index in [0.717, 1.165) is 5.69 Å². The third-order valence-corrected chi connectivity index (χ3v) is 3.96. The van der Waals surface area contributed by atoms with E-state index >= 15 is 0 Å². The molecule has 1 aliphatic heterocycles. The summed E-state index contributed by atoms with van der Waals surface area (Å²) in [5, 5.41) is 13.0. The fraction of sp³-hybridized carbons (Fsp3) is 0.333. The van der Waals surface area contributed by atoms with E-state index in [1.54, 1.807) is 18.5 Å². The summed E-state index contributed by atoms with van der Waals surface area (Å²) in [6.45, 7) is 0.285. The number of pyridine rings is 1. The standard InChI is InChI=1S/C18H20FN4O4.Ac/c19-16-6-13(23-10-15(7-20)27-18(23)25)3-4-17(16)26-11-14(24)9-22-12-2-1-5-21-8-12;/h1-6,8,14-15,20,22,24H,7,9-11H2;/q-1;/t14?,15-;/m1./s1. The normalized spacial score (nSPS) is 16.9. The van der Waals surface area contributed by atoms with Crippen molar-refractivity contribution in [2.24, 2.45) is 0 Å². The van der Waals surface area contributed by atoms with Gasteiger partial charge in [0.2, 0.25) is 0 Å². The number of halogens is 1. The maximum absolute atomic E-state index is 14.3. The monoisotopic (exact) mass is 602 g/mol. The van der Waals surface area contributed by atoms with E-state index in [0.29, 0.717) is 5.69 Å². The van der Waals surface area contributed by atoms with Crippen LogP contribution in [0.5, 0.6) is 5.75 Å². The number of hydrogen-bond acceptors (Lipinski definition) is 6. The molecule has 1 aliphatic rings. The first-order valence-electron chi connectivity index (χ1n) is 8.44. The molecule has 0 saturated carbocycles. The zero-order chi connectivity index (χ0) is 19.2. The predicted molar refractivity (Wildman–Crippen MR) is 97.4 cm³/mol. The summed E-state index contributed by atoms with van der Waals surface area (Å²) in [6, 6.07) is 7.68. The molecule has 3 rings (SSSR count). The minimum atomic E-state index is -0.851. The zero-order valence-corrected chi connectivity index (χ0v) is 19.8. The van der Waals surface area contributed by atoms with Crippen molar-refractivity contribution < 1.29 is 67.8 Å². The number of aliphatic hydroxyl groups excluding tert-OH is 1. The number of nitrogens with zero attached hydrogens (tertiary/aromatic N) is 2. The fourth-order valence-corrected chi connectivity index (χ4v) is 2.56. The number of aliphatic hydroxyl groups is 1. The van der Waals surface area contributed by atoms with Gasteiger partial charge < -0.3 is 25.6 Å². The molecule has 0 aliphatic carbocycles. The first-order chi connectivity index (χ1) is 13.1. The summed E-state index contributed by atoms with van der Waals surface area (Å²) in [4.78, 5) is 17.0. The van der Waals surface area contributed by atoms with Crippen LogP contribution in [0.3, 0.4) is 0 Å². The molecular weight excluding hydrogens is 582 g/mol. The number of ether oxygens (including phenoxy) is 2. The molecule has 1 unspecified atom stereocenters. The van der Waals surface area contributed by atoms with Gasteiger partial charge in [0.1, 0.15) is 18.8 Å². The van der Waals surface area contributed by atoms with Crippen molar-refractivity contribution in [3.63, 3.8) is 0 Å². The van der Waals surface area contributed by atoms with Crippen molar-refractivity contribution in [1.29, 1.82) is 0 Å². The van der Waals surface area contributed by atoms with E-state index in [1.807, 2.05) is 6.07 Å². The molecule has 0 spiro atoms. The minimum Gasteiger partial charge on any atom is -0.674 e. The fourth-order valence-electron chi connectivity index (χ4n) is 2.56. The summed E-state index contributed by atoms with van der Waals surface area (Å²) < 4.78 is 24.6. The van der Waals surface area contributed by atoms with Gasteiger partial charge in [-0.1, -0.05) is 0 Å². The van der Waals surface area contributed by atoms with E-state index < -0.39 is 24.1 Å². The molecule has 0 bridgehead atoms. The predicted octanol–water partition coefficient (Wildman–Crippen LogP) is 2.45. The van der Waals surface area contributed by atoms with Crippen molar-refractivity contribution in [2.45, 2.75) is 12.2 Å². The van der Waals surface area contributed by atoms with Crippen LogP contribution in [0.1, 0.15) is 0 Å². The average Bonchev–Trinajstić information content (AvgIpc) is 3.07. The molecular formula is C18H20AcFN4O4-. The third kappa shape index (κ3) is 6.01. The quantitative estimate of drug-likeness (QED) is 0.481. The topological polar surface area (TPSA) is 108 Å². The van der Waals surface area contributed by atoms with Crippen LogP contribution >= 0.6 is 0 Å². The Balaban J connectivity index is 0.00000280. The summed E-state index contributed by atoms with van der Waals surface area (Å²) in [5.74, 6) is -0.675. The molecule has 1 aromatic heterocycles. The van der Waals surface area contributed by atoms with Crippen molar-refractivity contribution in [1.82, 2.24) is 4.98 Å². The van der Waals surface area contributed by atoms with Crippen molar-refractivity contribution in [3.05, 3.63) is 54.3 Å². The van der Waals surface area contributed by atoms with Gasteiger partial charge in [-0.3, -0.25) is 9.88 Å². The van der Waals surface area contributed by atoms with Crippen molar-refractivity contribution >= 4 is 17.5 Å². The van der Waals surface area contributed by atoms with E-state index in [4.69, 9.17) is 15.2 Å². The number of amides is 1. The number of rotatable bonds is 8. The van der Waals surface area contributed by atoms with Gasteiger partial charge in [-0.15, -0.1) is 6.54 Å². The van der Waals surface area contributed by atoms with Crippen molar-refractivity contribution in [3.8, 4) is 5.75 Å². The van der Waals surface area contributed by atoms with E-state index in [2.05, 4.69) is 10.3 Å². The number of aromatic nitrogens is 1. The Morgan fingerprint density at radius 2 is 2.29 bits per heavy atom. The third-order valence-electron chi connectivity index (χ3n) is 3.96. The molecule has 1 aromatic carbocycles. The summed E-state index contributed by atoms with van der Waals surface area (Å²) in [5.41, 5.74) is 8.37. The maximum atomic E-state index is 14.3. The second kappa shape index (κ2) is 10.9. The molecule has 1 radical (unpaired) electrons. The Morgan fingerprint density at radius 1 is 1.46 bits per heavy atom. The van der Waals surface area contributed by atoms with Gasteiger partial charge in [0.15, 0.2) is 11.6 Å². The van der Waals surface area contributed by atoms with Gasteiger partial charge in [-0.2, -0.15) is 0 Å². The molecule has 2 atom stereocenters. The van der Waals surface area contributed by atoms with Crippen LogP contribution in [0.4, 0.5) is 20.6 Å². The van der Waals surface area contributed by atoms with E-state index in [-0.39, 0.29) is 76.1 Å². The average molecular weight is 602 g/mol. The van der Waals surface area contributed by atoms with Crippen LogP contribution in [-0.2, 0) is 4.74 Å². The van der Waals surface area contributed by atoms with Gasteiger partial charge in [-0.25, -0.2) is 9.18 Å². The van der Waals surface area contributed by atoms with Crippen LogP contribution in [0.25, 0.3) is 5.73 Å². The largest absolute Gasteiger partial charge is 0.674 e. The number of benzene rings is 1. The molecule has 147 valence electrons. The first kappa shape index (κ1) is 22.8. The summed E-state index contributed by atoms with van der Waals surface area (Å²) >= 11 is 0. The summed E-state index contributed by atoms with van der Waals surface area (Å²) in [7, 11) is 0. The molecule has 1 saturated heterocycles. The second-order valence-electron chi connectivity index (χ2n) is 6.02. The molecule has 8 nitrogen and oxygen atoms in total. The van der Waals surface area contributed by atoms with Crippen LogP contribution in [0.2, 0.25) is 0 Å². The van der Waals surface area contributed by atoms with Gasteiger partial charge in [0.25, 0.3) is 0 Å². The number of carbonyl (C=O) groups is 1. The molecule has 10 heteroatoms. The van der Waals surface area contributed by atoms with Crippen LogP contribution in [0.15, 0.2) is 42.7 Å². The molecule has 1 fully saturated rings. The van der Waals surface area contributed by atoms with Gasteiger partial charge in [0, 0.05) is 69.1 Å². The SMILES string of the molecule is [Ac].[NH-]C[C@@H]1CN(c2ccc(OCC(O)CNc3cccnc3)c(F)c2)C(=O)O1. The van der Waals surface area contributed by atoms with E-state index in [9.17, 15) is 14.3 Å². The van der Waals surface area contributed by atoms with E-state index in [1.165, 1.54) is 23.1 Å². The molecule has 28 heavy (non-hydrogen) atoms. The number of carbonyl (C=O) groups excluding carboxylic acids is 1. The van der Waals surface area contributed by atoms with Gasteiger partial charge in [-0.05, 0) is 24.3 Å². The Kier molecular flexibility index (Phi) is 8.89. The smallest absolute Gasteiger partial charge is 0.414 e. The number of hydrogen-bond donors (Lipinski definition) is 2. The van der Waals surface area contributed by atoms with Crippen molar-refractivity contribution in [2.75, 3.05) is 36.5 Å². The minimum absolute atomic E-state index is 0. The molecule has 1 amide bonds. The Morgan fingerprint density at radius 3 is 2.93 bits per heavy atom. The number of nitrogens with one attached hydrogen (secondary N) is 2. The Labute approximate surface area is 197 Å². The van der Waals surface area contributed by atoms with Gasteiger partial charge >= 0.3 is 6.09 Å². The Hall–Kier alpha value is -1.47. The van der Waals surface area contributed by atoms with Crippen LogP contribution < -0.4 is 15.0 Å². The molecule has 2 aromatic rings. The Bertz CT molecular complexity index is 783. The second-order valence-corrected chi connectivity index (χ2v) is 6.02. The maximum Gasteiger partial charge on any atom is 0.414 e. The summed E-state index contributed by atoms with van der Waals surface area (Å²) in [6.07, 6.45) is 1.30. The molecule has 2 heterocycles. The number of cyclic esters (lactones) is 1. The van der Waals surface area contributed by atoms with Crippen LogP contribution in [-0.4, -0.2) is 54.6 Å². The van der Waals surface area contributed by atoms with Crippen LogP contribution in [0, 0.1) is 49.9 Å². The zero-order valence-electron chi connectivity index (χ0n) is 15.0. The van der Waals surface area contributed by atoms with Gasteiger partial charge in [0.05, 0.1) is 17.9 Å². The molecule has 3 N–H and O–H groups in total. The first-order valence-corrected chi connectivity index (χ1v) is 8.44.